The first kappa shape index (κ1) is 12.1. The number of aliphatic hydroxyl groups is 1. The number of hydrogen-bond donors (Lipinski definition) is 3. The van der Waals surface area contributed by atoms with Crippen LogP contribution in [0.4, 0.5) is 11.5 Å². The number of aromatic nitrogens is 1. The van der Waals surface area contributed by atoms with E-state index in [0.29, 0.717) is 16.7 Å². The third kappa shape index (κ3) is 4.36. The van der Waals surface area contributed by atoms with Crippen LogP contribution in [0.25, 0.3) is 0 Å². The lowest BCUT2D eigenvalue weighted by Gasteiger charge is -2.14. The molecule has 4 nitrogen and oxygen atoms in total. The molecule has 1 heterocycles. The number of nitrogens with two attached hydrogens (primary N) is 1. The molecule has 0 saturated heterocycles. The third-order valence-corrected chi connectivity index (χ3v) is 2.20. The Morgan fingerprint density at radius 2 is 2.33 bits per heavy atom. The smallest absolute Gasteiger partial charge is 0.133 e. The average Bonchev–Trinajstić information content (AvgIpc) is 2.13. The second-order valence-electron chi connectivity index (χ2n) is 3.52. The van der Waals surface area contributed by atoms with Crippen LogP contribution in [0.2, 0.25) is 5.15 Å². The summed E-state index contributed by atoms with van der Waals surface area (Å²) in [4.78, 5) is 4.09. The molecule has 0 amide bonds. The van der Waals surface area contributed by atoms with Crippen molar-refractivity contribution in [2.75, 3.05) is 17.7 Å². The quantitative estimate of drug-likeness (QED) is 0.675. The van der Waals surface area contributed by atoms with E-state index in [1.807, 2.05) is 6.92 Å². The Kier molecular flexibility index (Phi) is 4.65. The van der Waals surface area contributed by atoms with Gasteiger partial charge in [-0.1, -0.05) is 11.6 Å². The Bertz CT molecular complexity index is 299. The summed E-state index contributed by atoms with van der Waals surface area (Å²) in [5, 5.41) is 12.2. The van der Waals surface area contributed by atoms with Gasteiger partial charge < -0.3 is 16.2 Å². The summed E-state index contributed by atoms with van der Waals surface area (Å²) in [5.41, 5.74) is 6.22. The Labute approximate surface area is 94.5 Å². The van der Waals surface area contributed by atoms with Gasteiger partial charge in [0, 0.05) is 24.4 Å². The monoisotopic (exact) mass is 229 g/mol. The zero-order chi connectivity index (χ0) is 11.3. The number of rotatable bonds is 5. The fourth-order valence-electron chi connectivity index (χ4n) is 1.31. The zero-order valence-electron chi connectivity index (χ0n) is 8.70. The molecule has 0 radical (unpaired) electrons. The van der Waals surface area contributed by atoms with Crippen LogP contribution >= 0.6 is 11.6 Å². The molecule has 5 heteroatoms. The minimum absolute atomic E-state index is 0.205. The molecule has 0 aromatic carbocycles. The van der Waals surface area contributed by atoms with Crippen LogP contribution in [0.15, 0.2) is 12.1 Å². The van der Waals surface area contributed by atoms with Crippen molar-refractivity contribution in [3.63, 3.8) is 0 Å². The first-order valence-electron chi connectivity index (χ1n) is 4.92. The van der Waals surface area contributed by atoms with Gasteiger partial charge >= 0.3 is 0 Å². The van der Waals surface area contributed by atoms with Crippen LogP contribution < -0.4 is 11.1 Å². The SMILES string of the molecule is CC(CCCO)Nc1cc(N)cc(Cl)n1. The van der Waals surface area contributed by atoms with Crippen molar-refractivity contribution in [3.8, 4) is 0 Å². The van der Waals surface area contributed by atoms with Gasteiger partial charge in [0.05, 0.1) is 0 Å². The van der Waals surface area contributed by atoms with Gasteiger partial charge in [0.15, 0.2) is 0 Å². The van der Waals surface area contributed by atoms with Crippen LogP contribution in [0, 0.1) is 0 Å². The maximum Gasteiger partial charge on any atom is 0.133 e. The second kappa shape index (κ2) is 5.78. The summed E-state index contributed by atoms with van der Waals surface area (Å²) < 4.78 is 0. The fourth-order valence-corrected chi connectivity index (χ4v) is 1.53. The van der Waals surface area contributed by atoms with Gasteiger partial charge in [-0.05, 0) is 25.8 Å². The van der Waals surface area contributed by atoms with Crippen molar-refractivity contribution in [3.05, 3.63) is 17.3 Å². The zero-order valence-corrected chi connectivity index (χ0v) is 9.46. The lowest BCUT2D eigenvalue weighted by molar-refractivity contribution is 0.282. The number of pyridine rings is 1. The predicted octanol–water partition coefficient (Wildman–Crippen LogP) is 1.89. The van der Waals surface area contributed by atoms with Crippen molar-refractivity contribution >= 4 is 23.1 Å². The number of halogens is 1. The molecule has 0 aliphatic carbocycles. The number of anilines is 2. The van der Waals surface area contributed by atoms with Crippen molar-refractivity contribution in [1.82, 2.24) is 4.98 Å². The molecule has 1 rings (SSSR count). The topological polar surface area (TPSA) is 71.2 Å². The maximum absolute atomic E-state index is 8.68. The van der Waals surface area contributed by atoms with E-state index < -0.39 is 0 Å². The van der Waals surface area contributed by atoms with E-state index in [0.717, 1.165) is 12.8 Å². The van der Waals surface area contributed by atoms with E-state index in [4.69, 9.17) is 22.4 Å². The Morgan fingerprint density at radius 3 is 2.93 bits per heavy atom. The first-order valence-corrected chi connectivity index (χ1v) is 5.30. The van der Waals surface area contributed by atoms with E-state index in [9.17, 15) is 0 Å². The highest BCUT2D eigenvalue weighted by molar-refractivity contribution is 6.29. The number of aliphatic hydroxyl groups excluding tert-OH is 1. The summed E-state index contributed by atoms with van der Waals surface area (Å²) >= 11 is 5.77. The summed E-state index contributed by atoms with van der Waals surface area (Å²) in [6.45, 7) is 2.23. The minimum Gasteiger partial charge on any atom is -0.399 e. The normalized spacial score (nSPS) is 12.5. The summed E-state index contributed by atoms with van der Waals surface area (Å²) in [6.07, 6.45) is 1.65. The average molecular weight is 230 g/mol. The molecule has 0 aliphatic rings. The Hall–Kier alpha value is -1.00. The highest BCUT2D eigenvalue weighted by Gasteiger charge is 2.04. The molecule has 0 bridgehead atoms. The molecule has 1 aromatic heterocycles. The number of nitrogens with zero attached hydrogens (tertiary/aromatic N) is 1. The highest BCUT2D eigenvalue weighted by atomic mass is 35.5. The van der Waals surface area contributed by atoms with Crippen LogP contribution in [0.1, 0.15) is 19.8 Å². The molecular weight excluding hydrogens is 214 g/mol. The molecule has 84 valence electrons. The van der Waals surface area contributed by atoms with Crippen molar-refractivity contribution < 1.29 is 5.11 Å². The predicted molar refractivity (Wildman–Crippen MR) is 63.1 cm³/mol. The molecule has 15 heavy (non-hydrogen) atoms. The highest BCUT2D eigenvalue weighted by Crippen LogP contribution is 2.17. The van der Waals surface area contributed by atoms with E-state index in [1.165, 1.54) is 0 Å². The minimum atomic E-state index is 0.205. The molecule has 0 saturated carbocycles. The molecule has 0 aliphatic heterocycles. The van der Waals surface area contributed by atoms with E-state index in [2.05, 4.69) is 10.3 Å². The lowest BCUT2D eigenvalue weighted by Crippen LogP contribution is -2.16. The molecule has 4 N–H and O–H groups in total. The van der Waals surface area contributed by atoms with Gasteiger partial charge in [0.2, 0.25) is 0 Å². The summed E-state index contributed by atoms with van der Waals surface area (Å²) in [5.74, 6) is 0.672. The van der Waals surface area contributed by atoms with Gasteiger partial charge in [-0.25, -0.2) is 4.98 Å². The summed E-state index contributed by atoms with van der Waals surface area (Å²) in [7, 11) is 0. The van der Waals surface area contributed by atoms with Gasteiger partial charge in [-0.15, -0.1) is 0 Å². The molecular formula is C10H16ClN3O. The molecule has 1 aromatic rings. The first-order chi connectivity index (χ1) is 7.11. The second-order valence-corrected chi connectivity index (χ2v) is 3.91. The largest absolute Gasteiger partial charge is 0.399 e. The van der Waals surface area contributed by atoms with Crippen LogP contribution in [0.3, 0.4) is 0 Å². The number of nitrogen functional groups attached to an aromatic ring is 1. The Morgan fingerprint density at radius 1 is 1.60 bits per heavy atom. The molecule has 1 atom stereocenters. The van der Waals surface area contributed by atoms with Crippen LogP contribution in [0.5, 0.6) is 0 Å². The number of nitrogens with one attached hydrogen (secondary N) is 1. The van der Waals surface area contributed by atoms with E-state index >= 15 is 0 Å². The lowest BCUT2D eigenvalue weighted by atomic mass is 10.2. The molecule has 0 fully saturated rings. The molecule has 1 unspecified atom stereocenters. The fraction of sp³-hybridized carbons (Fsp3) is 0.500. The third-order valence-electron chi connectivity index (χ3n) is 2.01. The van der Waals surface area contributed by atoms with Crippen molar-refractivity contribution in [2.45, 2.75) is 25.8 Å². The Balaban J connectivity index is 2.56. The van der Waals surface area contributed by atoms with Crippen molar-refractivity contribution in [2.24, 2.45) is 0 Å². The van der Waals surface area contributed by atoms with E-state index in [1.54, 1.807) is 12.1 Å². The van der Waals surface area contributed by atoms with Gasteiger partial charge in [0.1, 0.15) is 11.0 Å². The molecule has 0 spiro atoms. The van der Waals surface area contributed by atoms with E-state index in [-0.39, 0.29) is 12.6 Å². The van der Waals surface area contributed by atoms with Crippen LogP contribution in [-0.2, 0) is 0 Å². The van der Waals surface area contributed by atoms with Gasteiger partial charge in [-0.3, -0.25) is 0 Å². The van der Waals surface area contributed by atoms with Gasteiger partial charge in [0.25, 0.3) is 0 Å². The maximum atomic E-state index is 8.68. The standard InChI is InChI=1S/C10H16ClN3O/c1-7(3-2-4-15)13-10-6-8(12)5-9(11)14-10/h5-7,15H,2-4H2,1H3,(H3,12,13,14). The summed E-state index contributed by atoms with van der Waals surface area (Å²) in [6, 6.07) is 3.58. The van der Waals surface area contributed by atoms with Crippen LogP contribution in [-0.4, -0.2) is 22.7 Å². The number of hydrogen-bond acceptors (Lipinski definition) is 4. The van der Waals surface area contributed by atoms with Crippen molar-refractivity contribution in [1.29, 1.82) is 0 Å². The van der Waals surface area contributed by atoms with Gasteiger partial charge in [-0.2, -0.15) is 0 Å².